The van der Waals surface area contributed by atoms with Crippen molar-refractivity contribution in [3.8, 4) is 0 Å². The zero-order valence-electron chi connectivity index (χ0n) is 9.84. The summed E-state index contributed by atoms with van der Waals surface area (Å²) in [6.45, 7) is 4.85. The Bertz CT molecular complexity index is 109. The van der Waals surface area contributed by atoms with Gasteiger partial charge in [0.1, 0.15) is 0 Å². The standard InChI is InChI=1S/C12H27NO/c1-3-5-7-11(8-6-4-2)9-12(14)10-13/h11-12,14H,3-10,13H2,1-2H3. The van der Waals surface area contributed by atoms with Crippen LogP contribution in [-0.2, 0) is 0 Å². The first-order chi connectivity index (χ1) is 6.74. The predicted octanol–water partition coefficient (Wildman–Crippen LogP) is 2.69. The number of hydrogen-bond donors (Lipinski definition) is 2. The van der Waals surface area contributed by atoms with Crippen LogP contribution in [-0.4, -0.2) is 17.8 Å². The summed E-state index contributed by atoms with van der Waals surface area (Å²) >= 11 is 0. The molecule has 14 heavy (non-hydrogen) atoms. The van der Waals surface area contributed by atoms with Gasteiger partial charge in [-0.3, -0.25) is 0 Å². The Labute approximate surface area is 88.9 Å². The van der Waals surface area contributed by atoms with E-state index < -0.39 is 0 Å². The molecule has 0 rings (SSSR count). The molecule has 2 nitrogen and oxygen atoms in total. The zero-order chi connectivity index (χ0) is 10.8. The normalized spacial score (nSPS) is 13.5. The molecule has 0 fully saturated rings. The average molecular weight is 201 g/mol. The van der Waals surface area contributed by atoms with Gasteiger partial charge in [0.25, 0.3) is 0 Å². The predicted molar refractivity (Wildman–Crippen MR) is 62.2 cm³/mol. The summed E-state index contributed by atoms with van der Waals surface area (Å²) in [5.41, 5.74) is 5.43. The van der Waals surface area contributed by atoms with Gasteiger partial charge >= 0.3 is 0 Å². The maximum Gasteiger partial charge on any atom is 0.0665 e. The van der Waals surface area contributed by atoms with E-state index in [4.69, 9.17) is 5.73 Å². The average Bonchev–Trinajstić information content (AvgIpc) is 2.21. The first-order valence-corrected chi connectivity index (χ1v) is 6.12. The smallest absolute Gasteiger partial charge is 0.0665 e. The molecule has 1 atom stereocenters. The lowest BCUT2D eigenvalue weighted by Gasteiger charge is -2.19. The molecular formula is C12H27NO. The molecule has 86 valence electrons. The lowest BCUT2D eigenvalue weighted by atomic mass is 9.91. The highest BCUT2D eigenvalue weighted by molar-refractivity contribution is 4.66. The molecule has 0 aromatic rings. The highest BCUT2D eigenvalue weighted by atomic mass is 16.3. The molecule has 0 saturated carbocycles. The van der Waals surface area contributed by atoms with E-state index in [1.807, 2.05) is 0 Å². The van der Waals surface area contributed by atoms with Crippen molar-refractivity contribution in [1.82, 2.24) is 0 Å². The molecule has 0 bridgehead atoms. The second kappa shape index (κ2) is 9.47. The van der Waals surface area contributed by atoms with Crippen LogP contribution >= 0.6 is 0 Å². The Morgan fingerprint density at radius 2 is 1.57 bits per heavy atom. The number of hydrogen-bond acceptors (Lipinski definition) is 2. The summed E-state index contributed by atoms with van der Waals surface area (Å²) in [5.74, 6) is 0.688. The lowest BCUT2D eigenvalue weighted by Crippen LogP contribution is -2.23. The third-order valence-corrected chi connectivity index (χ3v) is 2.81. The minimum atomic E-state index is -0.284. The van der Waals surface area contributed by atoms with Gasteiger partial charge in [0.15, 0.2) is 0 Å². The van der Waals surface area contributed by atoms with Crippen molar-refractivity contribution >= 4 is 0 Å². The van der Waals surface area contributed by atoms with Crippen LogP contribution in [0.1, 0.15) is 58.8 Å². The van der Waals surface area contributed by atoms with Crippen LogP contribution in [0.15, 0.2) is 0 Å². The van der Waals surface area contributed by atoms with Gasteiger partial charge in [-0.25, -0.2) is 0 Å². The Morgan fingerprint density at radius 3 is 1.93 bits per heavy atom. The second-order valence-corrected chi connectivity index (χ2v) is 4.28. The summed E-state index contributed by atoms with van der Waals surface area (Å²) in [4.78, 5) is 0. The fourth-order valence-electron chi connectivity index (χ4n) is 1.85. The monoisotopic (exact) mass is 201 g/mol. The number of unbranched alkanes of at least 4 members (excludes halogenated alkanes) is 2. The van der Waals surface area contributed by atoms with Crippen molar-refractivity contribution in [3.63, 3.8) is 0 Å². The van der Waals surface area contributed by atoms with Crippen LogP contribution in [0, 0.1) is 5.92 Å². The molecule has 1 unspecified atom stereocenters. The molecule has 0 radical (unpaired) electrons. The van der Waals surface area contributed by atoms with Crippen LogP contribution in [0.4, 0.5) is 0 Å². The molecule has 0 aromatic heterocycles. The van der Waals surface area contributed by atoms with E-state index in [9.17, 15) is 5.11 Å². The third-order valence-electron chi connectivity index (χ3n) is 2.81. The Kier molecular flexibility index (Phi) is 9.42. The molecule has 0 heterocycles. The van der Waals surface area contributed by atoms with Crippen LogP contribution in [0.3, 0.4) is 0 Å². The van der Waals surface area contributed by atoms with Crippen molar-refractivity contribution in [2.24, 2.45) is 11.7 Å². The highest BCUT2D eigenvalue weighted by Crippen LogP contribution is 2.21. The Hall–Kier alpha value is -0.0800. The van der Waals surface area contributed by atoms with E-state index in [1.165, 1.54) is 38.5 Å². The number of nitrogens with two attached hydrogens (primary N) is 1. The van der Waals surface area contributed by atoms with E-state index in [1.54, 1.807) is 0 Å². The summed E-state index contributed by atoms with van der Waals surface area (Å²) in [6.07, 6.45) is 8.20. The molecule has 0 aliphatic rings. The first-order valence-electron chi connectivity index (χ1n) is 6.12. The lowest BCUT2D eigenvalue weighted by molar-refractivity contribution is 0.142. The minimum absolute atomic E-state index is 0.284. The van der Waals surface area contributed by atoms with Crippen molar-refractivity contribution in [3.05, 3.63) is 0 Å². The van der Waals surface area contributed by atoms with Gasteiger partial charge in [0, 0.05) is 6.54 Å². The Morgan fingerprint density at radius 1 is 1.07 bits per heavy atom. The molecule has 0 spiro atoms. The molecule has 0 saturated heterocycles. The second-order valence-electron chi connectivity index (χ2n) is 4.28. The van der Waals surface area contributed by atoms with Gasteiger partial charge in [0.05, 0.1) is 6.10 Å². The molecule has 0 aliphatic carbocycles. The summed E-state index contributed by atoms with van der Waals surface area (Å²) in [7, 11) is 0. The molecule has 0 aromatic carbocycles. The van der Waals surface area contributed by atoms with Gasteiger partial charge < -0.3 is 10.8 Å². The van der Waals surface area contributed by atoms with Crippen molar-refractivity contribution < 1.29 is 5.11 Å². The maximum atomic E-state index is 9.50. The number of rotatable bonds is 9. The van der Waals surface area contributed by atoms with Crippen LogP contribution in [0.5, 0.6) is 0 Å². The van der Waals surface area contributed by atoms with E-state index in [0.717, 1.165) is 6.42 Å². The highest BCUT2D eigenvalue weighted by Gasteiger charge is 2.12. The quantitative estimate of drug-likeness (QED) is 0.602. The summed E-state index contributed by atoms with van der Waals surface area (Å²) in [5, 5.41) is 9.50. The summed E-state index contributed by atoms with van der Waals surface area (Å²) in [6, 6.07) is 0. The molecule has 0 amide bonds. The molecule has 2 heteroatoms. The molecule has 3 N–H and O–H groups in total. The zero-order valence-corrected chi connectivity index (χ0v) is 9.84. The van der Waals surface area contributed by atoms with Crippen molar-refractivity contribution in [2.45, 2.75) is 64.9 Å². The Balaban J connectivity index is 3.71. The minimum Gasteiger partial charge on any atom is -0.392 e. The summed E-state index contributed by atoms with van der Waals surface area (Å²) < 4.78 is 0. The van der Waals surface area contributed by atoms with E-state index in [0.29, 0.717) is 12.5 Å². The van der Waals surface area contributed by atoms with Gasteiger partial charge in [0.2, 0.25) is 0 Å². The number of aliphatic hydroxyl groups excluding tert-OH is 1. The third kappa shape index (κ3) is 7.34. The van der Waals surface area contributed by atoms with Gasteiger partial charge in [-0.15, -0.1) is 0 Å². The van der Waals surface area contributed by atoms with Crippen LogP contribution in [0.2, 0.25) is 0 Å². The fourth-order valence-corrected chi connectivity index (χ4v) is 1.85. The number of aliphatic hydroxyl groups is 1. The first kappa shape index (κ1) is 13.9. The van der Waals surface area contributed by atoms with Gasteiger partial charge in [-0.1, -0.05) is 52.4 Å². The maximum absolute atomic E-state index is 9.50. The molecule has 0 aliphatic heterocycles. The van der Waals surface area contributed by atoms with E-state index in [-0.39, 0.29) is 6.10 Å². The van der Waals surface area contributed by atoms with Gasteiger partial charge in [-0.2, -0.15) is 0 Å². The van der Waals surface area contributed by atoms with Crippen molar-refractivity contribution in [1.29, 1.82) is 0 Å². The van der Waals surface area contributed by atoms with Crippen LogP contribution in [0.25, 0.3) is 0 Å². The SMILES string of the molecule is CCCCC(CCCC)CC(O)CN. The fraction of sp³-hybridized carbons (Fsp3) is 1.00. The van der Waals surface area contributed by atoms with E-state index in [2.05, 4.69) is 13.8 Å². The van der Waals surface area contributed by atoms with Crippen LogP contribution < -0.4 is 5.73 Å². The van der Waals surface area contributed by atoms with Crippen molar-refractivity contribution in [2.75, 3.05) is 6.54 Å². The largest absolute Gasteiger partial charge is 0.392 e. The van der Waals surface area contributed by atoms with Gasteiger partial charge in [-0.05, 0) is 12.3 Å². The van der Waals surface area contributed by atoms with E-state index >= 15 is 0 Å². The molecular weight excluding hydrogens is 174 g/mol. The topological polar surface area (TPSA) is 46.2 Å².